The molecule has 2 heterocycles. The monoisotopic (exact) mass is 401 g/mol. The van der Waals surface area contributed by atoms with E-state index in [9.17, 15) is 19.2 Å². The minimum atomic E-state index is -1.07. The van der Waals surface area contributed by atoms with Gasteiger partial charge in [-0.1, -0.05) is 12.2 Å². The van der Waals surface area contributed by atoms with Gasteiger partial charge in [-0.15, -0.1) is 11.3 Å². The van der Waals surface area contributed by atoms with Crippen molar-refractivity contribution >= 4 is 40.0 Å². The number of fused-ring (bicyclic) bond motifs is 1. The first kappa shape index (κ1) is 19.8. The van der Waals surface area contributed by atoms with Gasteiger partial charge in [0.15, 0.2) is 6.10 Å². The fourth-order valence-electron chi connectivity index (χ4n) is 3.31. The maximum Gasteiger partial charge on any atom is 0.308 e. The third-order valence-corrected chi connectivity index (χ3v) is 5.67. The molecule has 28 heavy (non-hydrogen) atoms. The number of esters is 1. The number of nitriles is 1. The number of anilines is 1. The Morgan fingerprint density at radius 2 is 1.96 bits per heavy atom. The molecule has 3 amide bonds. The van der Waals surface area contributed by atoms with E-state index in [0.717, 1.165) is 4.90 Å². The number of carbonyl (C=O) groups excluding carboxylic acids is 4. The summed E-state index contributed by atoms with van der Waals surface area (Å²) in [7, 11) is 0. The van der Waals surface area contributed by atoms with Crippen LogP contribution in [0.3, 0.4) is 0 Å². The molecule has 1 aliphatic heterocycles. The van der Waals surface area contributed by atoms with Gasteiger partial charge in [-0.3, -0.25) is 24.1 Å². The summed E-state index contributed by atoms with van der Waals surface area (Å²) < 4.78 is 5.09. The molecule has 0 spiro atoms. The number of allylic oxidation sites excluding steroid dienone is 2. The molecule has 146 valence electrons. The predicted molar refractivity (Wildman–Crippen MR) is 99.9 cm³/mol. The third kappa shape index (κ3) is 3.97. The van der Waals surface area contributed by atoms with E-state index in [1.54, 1.807) is 11.4 Å². The average Bonchev–Trinajstić information content (AvgIpc) is 3.23. The van der Waals surface area contributed by atoms with Gasteiger partial charge in [-0.2, -0.15) is 5.26 Å². The highest BCUT2D eigenvalue weighted by molar-refractivity contribution is 7.14. The summed E-state index contributed by atoms with van der Waals surface area (Å²) in [5, 5.41) is 13.6. The second-order valence-corrected chi connectivity index (χ2v) is 7.55. The zero-order chi connectivity index (χ0) is 20.3. The van der Waals surface area contributed by atoms with Gasteiger partial charge in [-0.25, -0.2) is 0 Å². The van der Waals surface area contributed by atoms with E-state index in [4.69, 9.17) is 10.00 Å². The van der Waals surface area contributed by atoms with E-state index in [1.807, 2.05) is 18.2 Å². The highest BCUT2D eigenvalue weighted by atomic mass is 32.1. The van der Waals surface area contributed by atoms with E-state index in [-0.39, 0.29) is 36.6 Å². The number of likely N-dealkylation sites (tertiary alicyclic amines) is 1. The second kappa shape index (κ2) is 8.35. The van der Waals surface area contributed by atoms with Crippen LogP contribution in [0, 0.1) is 23.2 Å². The smallest absolute Gasteiger partial charge is 0.308 e. The lowest BCUT2D eigenvalue weighted by Gasteiger charge is -2.16. The molecular formula is C19H19N3O5S. The van der Waals surface area contributed by atoms with Crippen LogP contribution in [-0.4, -0.2) is 41.2 Å². The topological polar surface area (TPSA) is 117 Å². The van der Waals surface area contributed by atoms with Gasteiger partial charge in [0.05, 0.1) is 23.8 Å². The molecule has 1 aromatic heterocycles. The number of imide groups is 1. The van der Waals surface area contributed by atoms with Gasteiger partial charge in [-0.05, 0) is 31.2 Å². The van der Waals surface area contributed by atoms with Gasteiger partial charge in [0.25, 0.3) is 5.91 Å². The van der Waals surface area contributed by atoms with E-state index >= 15 is 0 Å². The Morgan fingerprint density at radius 1 is 1.32 bits per heavy atom. The van der Waals surface area contributed by atoms with Crippen LogP contribution in [0.1, 0.15) is 31.7 Å². The van der Waals surface area contributed by atoms with Crippen LogP contribution in [-0.2, 0) is 23.9 Å². The summed E-state index contributed by atoms with van der Waals surface area (Å²) in [5.41, 5.74) is 0.332. The molecule has 0 bridgehead atoms. The molecule has 3 atom stereocenters. The highest BCUT2D eigenvalue weighted by Crippen LogP contribution is 2.35. The normalized spacial score (nSPS) is 21.8. The minimum absolute atomic E-state index is 0.0542. The van der Waals surface area contributed by atoms with Gasteiger partial charge in [0.1, 0.15) is 11.1 Å². The van der Waals surface area contributed by atoms with Crippen molar-refractivity contribution in [2.45, 2.75) is 32.3 Å². The Hall–Kier alpha value is -2.99. The average molecular weight is 401 g/mol. The zero-order valence-electron chi connectivity index (χ0n) is 15.2. The lowest BCUT2D eigenvalue weighted by Crippen LogP contribution is -2.35. The van der Waals surface area contributed by atoms with Crippen LogP contribution >= 0.6 is 11.3 Å². The Morgan fingerprint density at radius 3 is 2.57 bits per heavy atom. The van der Waals surface area contributed by atoms with Crippen molar-refractivity contribution in [2.75, 3.05) is 11.9 Å². The first-order valence-electron chi connectivity index (χ1n) is 8.90. The number of carbonyl (C=O) groups is 4. The van der Waals surface area contributed by atoms with Crippen molar-refractivity contribution in [2.24, 2.45) is 11.8 Å². The van der Waals surface area contributed by atoms with Gasteiger partial charge in [0, 0.05) is 6.54 Å². The summed E-state index contributed by atoms with van der Waals surface area (Å²) in [5.74, 6) is -2.41. The van der Waals surface area contributed by atoms with Crippen molar-refractivity contribution in [3.8, 4) is 6.07 Å². The first-order valence-corrected chi connectivity index (χ1v) is 9.78. The summed E-state index contributed by atoms with van der Waals surface area (Å²) >= 11 is 1.19. The number of hydrogen-bond acceptors (Lipinski definition) is 7. The SMILES string of the molecule is C[C@@H](OC(=O)CCN1C(=O)[C@H]2CC=CC[C@@H]2C1=O)C(=O)Nc1sccc1C#N. The van der Waals surface area contributed by atoms with Crippen LogP contribution in [0.2, 0.25) is 0 Å². The molecule has 1 aliphatic carbocycles. The van der Waals surface area contributed by atoms with Crippen LogP contribution in [0.4, 0.5) is 5.00 Å². The van der Waals surface area contributed by atoms with E-state index in [2.05, 4.69) is 5.32 Å². The molecular weight excluding hydrogens is 382 g/mol. The summed E-state index contributed by atoms with van der Waals surface area (Å²) in [6.45, 7) is 1.36. The maximum atomic E-state index is 12.4. The highest BCUT2D eigenvalue weighted by Gasteiger charge is 2.47. The van der Waals surface area contributed by atoms with Crippen LogP contribution in [0.25, 0.3) is 0 Å². The molecule has 3 rings (SSSR count). The number of rotatable bonds is 6. The standard InChI is InChI=1S/C19H19N3O5S/c1-11(16(24)21-17-12(10-20)7-9-28-17)27-15(23)6-8-22-18(25)13-4-2-3-5-14(13)19(22)26/h2-3,7,9,11,13-14H,4-6,8H2,1H3,(H,21,24)/t11-,13+,14+/m1/s1. The van der Waals surface area contributed by atoms with Gasteiger partial charge < -0.3 is 10.1 Å². The van der Waals surface area contributed by atoms with Crippen molar-refractivity contribution in [3.63, 3.8) is 0 Å². The number of hydrogen-bond donors (Lipinski definition) is 1. The Kier molecular flexibility index (Phi) is 5.90. The molecule has 0 radical (unpaired) electrons. The van der Waals surface area contributed by atoms with E-state index in [1.165, 1.54) is 18.3 Å². The van der Waals surface area contributed by atoms with Crippen LogP contribution in [0.5, 0.6) is 0 Å². The van der Waals surface area contributed by atoms with Crippen molar-refractivity contribution in [3.05, 3.63) is 29.2 Å². The number of ether oxygens (including phenoxy) is 1. The van der Waals surface area contributed by atoms with Crippen molar-refractivity contribution < 1.29 is 23.9 Å². The third-order valence-electron chi connectivity index (χ3n) is 4.84. The largest absolute Gasteiger partial charge is 0.452 e. The quantitative estimate of drug-likeness (QED) is 0.442. The molecule has 1 fully saturated rings. The number of nitrogens with zero attached hydrogens (tertiary/aromatic N) is 2. The zero-order valence-corrected chi connectivity index (χ0v) is 16.0. The molecule has 1 saturated heterocycles. The molecule has 1 N–H and O–H groups in total. The number of amides is 3. The van der Waals surface area contributed by atoms with Crippen molar-refractivity contribution in [1.29, 1.82) is 5.26 Å². The van der Waals surface area contributed by atoms with Gasteiger partial charge in [0.2, 0.25) is 11.8 Å². The summed E-state index contributed by atoms with van der Waals surface area (Å²) in [6, 6.07) is 3.53. The summed E-state index contributed by atoms with van der Waals surface area (Å²) in [4.78, 5) is 50.0. The van der Waals surface area contributed by atoms with Crippen molar-refractivity contribution in [1.82, 2.24) is 4.90 Å². The van der Waals surface area contributed by atoms with Crippen LogP contribution in [0.15, 0.2) is 23.6 Å². The van der Waals surface area contributed by atoms with E-state index < -0.39 is 18.0 Å². The second-order valence-electron chi connectivity index (χ2n) is 6.63. The molecule has 0 aromatic carbocycles. The fourth-order valence-corrected chi connectivity index (χ4v) is 4.05. The Bertz CT molecular complexity index is 858. The molecule has 9 heteroatoms. The number of thiophene rings is 1. The maximum absolute atomic E-state index is 12.4. The molecule has 2 aliphatic rings. The van der Waals surface area contributed by atoms with Crippen LogP contribution < -0.4 is 5.32 Å². The predicted octanol–water partition coefficient (Wildman–Crippen LogP) is 1.83. The Labute approximate surface area is 165 Å². The molecule has 8 nitrogen and oxygen atoms in total. The lowest BCUT2D eigenvalue weighted by molar-refractivity contribution is -0.154. The molecule has 0 unspecified atom stereocenters. The molecule has 1 aromatic rings. The lowest BCUT2D eigenvalue weighted by atomic mass is 9.85. The molecule has 0 saturated carbocycles. The number of nitrogens with one attached hydrogen (secondary N) is 1. The minimum Gasteiger partial charge on any atom is -0.452 e. The Balaban J connectivity index is 1.49. The van der Waals surface area contributed by atoms with Gasteiger partial charge >= 0.3 is 5.97 Å². The fraction of sp³-hybridized carbons (Fsp3) is 0.421. The first-order chi connectivity index (χ1) is 13.4. The summed E-state index contributed by atoms with van der Waals surface area (Å²) in [6.07, 6.45) is 3.63. The van der Waals surface area contributed by atoms with E-state index in [0.29, 0.717) is 23.4 Å².